The number of carbonyl (C=O) groups is 1. The van der Waals surface area contributed by atoms with Gasteiger partial charge in [-0.3, -0.25) is 4.79 Å². The van der Waals surface area contributed by atoms with E-state index in [4.69, 9.17) is 4.42 Å². The molecule has 0 atom stereocenters. The lowest BCUT2D eigenvalue weighted by atomic mass is 9.86. The molecule has 23 heavy (non-hydrogen) atoms. The summed E-state index contributed by atoms with van der Waals surface area (Å²) in [5, 5.41) is 0.897. The number of aryl methyl sites for hydroxylation is 1. The van der Waals surface area contributed by atoms with Crippen molar-refractivity contribution in [3.8, 4) is 0 Å². The molecule has 0 spiro atoms. The smallest absolute Gasteiger partial charge is 0.197 e. The number of para-hydroxylation sites is 1. The van der Waals surface area contributed by atoms with Crippen LogP contribution in [0.1, 0.15) is 54.9 Å². The highest BCUT2D eigenvalue weighted by Gasteiger charge is 2.21. The van der Waals surface area contributed by atoms with Gasteiger partial charge in [-0.2, -0.15) is 0 Å². The van der Waals surface area contributed by atoms with Gasteiger partial charge in [0.1, 0.15) is 11.3 Å². The zero-order valence-electron chi connectivity index (χ0n) is 14.1. The molecule has 0 saturated carbocycles. The Morgan fingerprint density at radius 2 is 1.65 bits per heavy atom. The minimum absolute atomic E-state index is 0.0345. The Kier molecular flexibility index (Phi) is 3.85. The van der Waals surface area contributed by atoms with Gasteiger partial charge in [0.05, 0.1) is 5.56 Å². The molecule has 0 unspecified atom stereocenters. The van der Waals surface area contributed by atoms with Crippen LogP contribution in [0.3, 0.4) is 0 Å². The number of fused-ring (bicyclic) bond motifs is 1. The molecule has 0 aliphatic heterocycles. The molecule has 2 heteroatoms. The van der Waals surface area contributed by atoms with Crippen molar-refractivity contribution in [3.05, 3.63) is 71.0 Å². The number of benzene rings is 2. The van der Waals surface area contributed by atoms with Crippen LogP contribution < -0.4 is 0 Å². The molecule has 0 N–H and O–H groups in total. The van der Waals surface area contributed by atoms with Crippen molar-refractivity contribution >= 4 is 16.8 Å². The van der Waals surface area contributed by atoms with E-state index in [0.29, 0.717) is 17.5 Å². The van der Waals surface area contributed by atoms with E-state index < -0.39 is 0 Å². The predicted octanol–water partition coefficient (Wildman–Crippen LogP) is 5.52. The van der Waals surface area contributed by atoms with Gasteiger partial charge in [0.25, 0.3) is 0 Å². The molecule has 0 amide bonds. The third kappa shape index (κ3) is 2.81. The number of hydrogen-bond acceptors (Lipinski definition) is 2. The molecule has 2 nitrogen and oxygen atoms in total. The molecule has 0 fully saturated rings. The molecule has 0 radical (unpaired) electrons. The van der Waals surface area contributed by atoms with Crippen molar-refractivity contribution in [1.29, 1.82) is 0 Å². The zero-order chi connectivity index (χ0) is 16.6. The van der Waals surface area contributed by atoms with E-state index in [1.54, 1.807) is 0 Å². The highest BCUT2D eigenvalue weighted by Crippen LogP contribution is 2.29. The molecular formula is C21H22O2. The maximum atomic E-state index is 13.0. The van der Waals surface area contributed by atoms with E-state index in [1.165, 1.54) is 5.56 Å². The molecule has 3 rings (SSSR count). The first-order chi connectivity index (χ1) is 10.9. The Hall–Kier alpha value is -2.35. The summed E-state index contributed by atoms with van der Waals surface area (Å²) < 4.78 is 5.85. The standard InChI is InChI=1S/C21H22O2/c1-5-17-19(16-8-6-7-9-18(16)23-17)20(22)14-10-12-15(13-11-14)21(2,3)4/h6-13H,5H2,1-4H3. The van der Waals surface area contributed by atoms with Crippen molar-refractivity contribution in [2.24, 2.45) is 0 Å². The fourth-order valence-corrected chi connectivity index (χ4v) is 2.86. The zero-order valence-corrected chi connectivity index (χ0v) is 14.1. The second kappa shape index (κ2) is 5.69. The van der Waals surface area contributed by atoms with Gasteiger partial charge < -0.3 is 4.42 Å². The lowest BCUT2D eigenvalue weighted by Crippen LogP contribution is -2.11. The van der Waals surface area contributed by atoms with E-state index in [9.17, 15) is 4.79 Å². The fraction of sp³-hybridized carbons (Fsp3) is 0.286. The van der Waals surface area contributed by atoms with E-state index >= 15 is 0 Å². The van der Waals surface area contributed by atoms with Gasteiger partial charge in [0.2, 0.25) is 0 Å². The van der Waals surface area contributed by atoms with E-state index in [1.807, 2.05) is 55.5 Å². The molecule has 3 aromatic rings. The molecule has 2 aromatic carbocycles. The Bertz CT molecular complexity index is 846. The molecule has 0 bridgehead atoms. The minimum atomic E-state index is 0.0345. The Labute approximate surface area is 137 Å². The van der Waals surface area contributed by atoms with Gasteiger partial charge in [-0.05, 0) is 17.0 Å². The molecule has 1 aromatic heterocycles. The number of ketones is 1. The number of furan rings is 1. The van der Waals surface area contributed by atoms with Gasteiger partial charge in [-0.25, -0.2) is 0 Å². The maximum Gasteiger partial charge on any atom is 0.197 e. The van der Waals surface area contributed by atoms with Gasteiger partial charge in [-0.15, -0.1) is 0 Å². The van der Waals surface area contributed by atoms with Crippen LogP contribution in [0.15, 0.2) is 52.9 Å². The predicted molar refractivity (Wildman–Crippen MR) is 94.2 cm³/mol. The highest BCUT2D eigenvalue weighted by atomic mass is 16.3. The molecular weight excluding hydrogens is 284 g/mol. The Morgan fingerprint density at radius 1 is 1.00 bits per heavy atom. The van der Waals surface area contributed by atoms with E-state index in [2.05, 4.69) is 20.8 Å². The van der Waals surface area contributed by atoms with Crippen LogP contribution in [0.5, 0.6) is 0 Å². The molecule has 0 saturated heterocycles. The van der Waals surface area contributed by atoms with Crippen molar-refractivity contribution in [1.82, 2.24) is 0 Å². The van der Waals surface area contributed by atoms with Crippen molar-refractivity contribution in [2.45, 2.75) is 39.5 Å². The normalized spacial score (nSPS) is 11.8. The number of hydrogen-bond donors (Lipinski definition) is 0. The largest absolute Gasteiger partial charge is 0.460 e. The van der Waals surface area contributed by atoms with Gasteiger partial charge in [0.15, 0.2) is 5.78 Å². The van der Waals surface area contributed by atoms with Crippen LogP contribution in [0, 0.1) is 0 Å². The van der Waals surface area contributed by atoms with Crippen LogP contribution in [-0.4, -0.2) is 5.78 Å². The summed E-state index contributed by atoms with van der Waals surface area (Å²) in [7, 11) is 0. The summed E-state index contributed by atoms with van der Waals surface area (Å²) in [5.41, 5.74) is 3.49. The molecule has 118 valence electrons. The number of rotatable bonds is 3. The fourth-order valence-electron chi connectivity index (χ4n) is 2.86. The summed E-state index contributed by atoms with van der Waals surface area (Å²) in [4.78, 5) is 13.0. The van der Waals surface area contributed by atoms with Crippen LogP contribution in [0.25, 0.3) is 11.0 Å². The summed E-state index contributed by atoms with van der Waals surface area (Å²) >= 11 is 0. The summed E-state index contributed by atoms with van der Waals surface area (Å²) in [5.74, 6) is 0.795. The van der Waals surface area contributed by atoms with Crippen molar-refractivity contribution in [2.75, 3.05) is 0 Å². The Morgan fingerprint density at radius 3 is 2.26 bits per heavy atom. The summed E-state index contributed by atoms with van der Waals surface area (Å²) in [6.45, 7) is 8.52. The van der Waals surface area contributed by atoms with Gasteiger partial charge in [0, 0.05) is 17.4 Å². The lowest BCUT2D eigenvalue weighted by Gasteiger charge is -2.19. The third-order valence-corrected chi connectivity index (χ3v) is 4.23. The lowest BCUT2D eigenvalue weighted by molar-refractivity contribution is 0.103. The SMILES string of the molecule is CCc1oc2ccccc2c1C(=O)c1ccc(C(C)(C)C)cc1. The first-order valence-electron chi connectivity index (χ1n) is 8.07. The second-order valence-corrected chi connectivity index (χ2v) is 6.91. The first kappa shape index (κ1) is 15.5. The average molecular weight is 306 g/mol. The maximum absolute atomic E-state index is 13.0. The number of carbonyl (C=O) groups excluding carboxylic acids is 1. The quantitative estimate of drug-likeness (QED) is 0.596. The van der Waals surface area contributed by atoms with Crippen LogP contribution in [0.4, 0.5) is 0 Å². The topological polar surface area (TPSA) is 30.2 Å². The van der Waals surface area contributed by atoms with E-state index in [0.717, 1.165) is 16.7 Å². The van der Waals surface area contributed by atoms with Gasteiger partial charge >= 0.3 is 0 Å². The van der Waals surface area contributed by atoms with Gasteiger partial charge in [-0.1, -0.05) is 70.2 Å². The Balaban J connectivity index is 2.07. The summed E-state index contributed by atoms with van der Waals surface area (Å²) in [6.07, 6.45) is 0.704. The minimum Gasteiger partial charge on any atom is -0.460 e. The van der Waals surface area contributed by atoms with Crippen molar-refractivity contribution in [3.63, 3.8) is 0 Å². The third-order valence-electron chi connectivity index (χ3n) is 4.23. The molecule has 0 aliphatic carbocycles. The van der Waals surface area contributed by atoms with E-state index in [-0.39, 0.29) is 11.2 Å². The average Bonchev–Trinajstić information content (AvgIpc) is 2.92. The highest BCUT2D eigenvalue weighted by molar-refractivity contribution is 6.16. The monoisotopic (exact) mass is 306 g/mol. The van der Waals surface area contributed by atoms with Crippen LogP contribution >= 0.6 is 0 Å². The molecule has 0 aliphatic rings. The second-order valence-electron chi connectivity index (χ2n) is 6.91. The first-order valence-corrected chi connectivity index (χ1v) is 8.07. The van der Waals surface area contributed by atoms with Crippen LogP contribution in [0.2, 0.25) is 0 Å². The van der Waals surface area contributed by atoms with Crippen LogP contribution in [-0.2, 0) is 11.8 Å². The molecule has 1 heterocycles. The van der Waals surface area contributed by atoms with Crippen molar-refractivity contribution < 1.29 is 9.21 Å². The summed E-state index contributed by atoms with van der Waals surface area (Å²) in [6, 6.07) is 15.7.